The SMILES string of the molecule is O=C1CN=C(c2ccc(NC(=O)c3cccnc3N3CCOCC3)cc2)c2ccc3ccccc3c2N1. The van der Waals surface area contributed by atoms with Crippen LogP contribution in [0.4, 0.5) is 17.2 Å². The van der Waals surface area contributed by atoms with Gasteiger partial charge < -0.3 is 20.3 Å². The summed E-state index contributed by atoms with van der Waals surface area (Å²) in [6, 6.07) is 23.1. The lowest BCUT2D eigenvalue weighted by Gasteiger charge is -2.29. The molecule has 0 spiro atoms. The Morgan fingerprint density at radius 2 is 1.76 bits per heavy atom. The highest BCUT2D eigenvalue weighted by Gasteiger charge is 2.22. The summed E-state index contributed by atoms with van der Waals surface area (Å²) in [7, 11) is 0. The number of hydrogen-bond acceptors (Lipinski definition) is 6. The van der Waals surface area contributed by atoms with Gasteiger partial charge in [-0.15, -0.1) is 0 Å². The zero-order chi connectivity index (χ0) is 25.2. The molecular formula is C29H25N5O3. The van der Waals surface area contributed by atoms with Gasteiger partial charge in [0.25, 0.3) is 5.91 Å². The maximum absolute atomic E-state index is 13.2. The van der Waals surface area contributed by atoms with E-state index in [0.717, 1.165) is 33.3 Å². The number of pyridine rings is 1. The summed E-state index contributed by atoms with van der Waals surface area (Å²) in [6.45, 7) is 2.67. The molecule has 2 N–H and O–H groups in total. The summed E-state index contributed by atoms with van der Waals surface area (Å²) in [5.41, 5.74) is 4.41. The zero-order valence-corrected chi connectivity index (χ0v) is 20.1. The van der Waals surface area contributed by atoms with Crippen LogP contribution in [0.15, 0.2) is 84.0 Å². The van der Waals surface area contributed by atoms with Gasteiger partial charge in [0.05, 0.1) is 30.2 Å². The number of fused-ring (bicyclic) bond motifs is 3. The van der Waals surface area contributed by atoms with E-state index in [4.69, 9.17) is 4.74 Å². The number of nitrogens with one attached hydrogen (secondary N) is 2. The van der Waals surface area contributed by atoms with Crippen molar-refractivity contribution in [3.63, 3.8) is 0 Å². The van der Waals surface area contributed by atoms with E-state index in [9.17, 15) is 9.59 Å². The Hall–Kier alpha value is -4.56. The summed E-state index contributed by atoms with van der Waals surface area (Å²) < 4.78 is 5.43. The van der Waals surface area contributed by atoms with E-state index in [-0.39, 0.29) is 18.4 Å². The first kappa shape index (κ1) is 22.9. The van der Waals surface area contributed by atoms with Crippen molar-refractivity contribution in [3.05, 3.63) is 95.7 Å². The molecule has 3 aromatic carbocycles. The van der Waals surface area contributed by atoms with Crippen LogP contribution in [0.1, 0.15) is 21.5 Å². The summed E-state index contributed by atoms with van der Waals surface area (Å²) in [6.07, 6.45) is 1.70. The van der Waals surface area contributed by atoms with Gasteiger partial charge >= 0.3 is 0 Å². The molecule has 2 aliphatic heterocycles. The first-order valence-electron chi connectivity index (χ1n) is 12.2. The van der Waals surface area contributed by atoms with Crippen LogP contribution < -0.4 is 15.5 Å². The number of carbonyl (C=O) groups is 2. The lowest BCUT2D eigenvalue weighted by Crippen LogP contribution is -2.38. The van der Waals surface area contributed by atoms with Gasteiger partial charge in [-0.3, -0.25) is 14.6 Å². The van der Waals surface area contributed by atoms with Crippen molar-refractivity contribution in [3.8, 4) is 0 Å². The molecule has 4 aromatic rings. The Morgan fingerprint density at radius 3 is 2.59 bits per heavy atom. The quantitative estimate of drug-likeness (QED) is 0.448. The van der Waals surface area contributed by atoms with E-state index < -0.39 is 0 Å². The number of nitrogens with zero attached hydrogens (tertiary/aromatic N) is 3. The van der Waals surface area contributed by atoms with Crippen molar-refractivity contribution in [2.24, 2.45) is 4.99 Å². The number of carbonyl (C=O) groups excluding carboxylic acids is 2. The van der Waals surface area contributed by atoms with Gasteiger partial charge in [-0.1, -0.05) is 48.5 Å². The second kappa shape index (κ2) is 9.83. The number of benzene rings is 3. The molecule has 0 bridgehead atoms. The number of morpholine rings is 1. The summed E-state index contributed by atoms with van der Waals surface area (Å²) in [4.78, 5) is 36.7. The Balaban J connectivity index is 1.27. The fourth-order valence-electron chi connectivity index (χ4n) is 4.78. The highest BCUT2D eigenvalue weighted by Crippen LogP contribution is 2.31. The Kier molecular flexibility index (Phi) is 6.08. The van der Waals surface area contributed by atoms with Crippen LogP contribution in [0.2, 0.25) is 0 Å². The van der Waals surface area contributed by atoms with Gasteiger partial charge in [0, 0.05) is 41.5 Å². The molecule has 0 radical (unpaired) electrons. The average molecular weight is 492 g/mol. The second-order valence-electron chi connectivity index (χ2n) is 8.93. The average Bonchev–Trinajstić information content (AvgIpc) is 3.12. The normalized spacial score (nSPS) is 15.4. The second-order valence-corrected chi connectivity index (χ2v) is 8.93. The van der Waals surface area contributed by atoms with Gasteiger partial charge in [0.1, 0.15) is 12.4 Å². The van der Waals surface area contributed by atoms with Crippen LogP contribution in [0.5, 0.6) is 0 Å². The first-order valence-corrected chi connectivity index (χ1v) is 12.2. The summed E-state index contributed by atoms with van der Waals surface area (Å²) >= 11 is 0. The topological polar surface area (TPSA) is 95.9 Å². The van der Waals surface area contributed by atoms with E-state index in [0.29, 0.717) is 43.4 Å². The first-order chi connectivity index (χ1) is 18.2. The maximum Gasteiger partial charge on any atom is 0.259 e. The lowest BCUT2D eigenvalue weighted by atomic mass is 9.96. The monoisotopic (exact) mass is 491 g/mol. The molecule has 8 nitrogen and oxygen atoms in total. The number of aliphatic imine (C=N–C) groups is 1. The van der Waals surface area contributed by atoms with E-state index in [1.54, 1.807) is 18.3 Å². The molecule has 0 unspecified atom stereocenters. The van der Waals surface area contributed by atoms with Gasteiger partial charge in [0.2, 0.25) is 5.91 Å². The molecular weight excluding hydrogens is 466 g/mol. The maximum atomic E-state index is 13.2. The molecule has 0 atom stereocenters. The molecule has 0 saturated carbocycles. The Morgan fingerprint density at radius 1 is 0.946 bits per heavy atom. The Bertz CT molecular complexity index is 1520. The molecule has 2 amide bonds. The molecule has 0 aliphatic carbocycles. The van der Waals surface area contributed by atoms with Crippen molar-refractivity contribution in [2.45, 2.75) is 0 Å². The minimum atomic E-state index is -0.222. The molecule has 2 aliphatic rings. The number of rotatable bonds is 4. The van der Waals surface area contributed by atoms with Crippen LogP contribution in [0.25, 0.3) is 10.8 Å². The molecule has 8 heteroatoms. The third kappa shape index (κ3) is 4.54. The number of anilines is 3. The highest BCUT2D eigenvalue weighted by molar-refractivity contribution is 6.23. The predicted octanol–water partition coefficient (Wildman–Crippen LogP) is 4.11. The van der Waals surface area contributed by atoms with Gasteiger partial charge in [-0.25, -0.2) is 4.98 Å². The Labute approximate surface area is 214 Å². The molecule has 1 aromatic heterocycles. The predicted molar refractivity (Wildman–Crippen MR) is 145 cm³/mol. The summed E-state index contributed by atoms with van der Waals surface area (Å²) in [5, 5.41) is 8.03. The molecule has 184 valence electrons. The molecule has 3 heterocycles. The van der Waals surface area contributed by atoms with Crippen LogP contribution >= 0.6 is 0 Å². The van der Waals surface area contributed by atoms with E-state index >= 15 is 0 Å². The zero-order valence-electron chi connectivity index (χ0n) is 20.1. The van der Waals surface area contributed by atoms with Crippen LogP contribution in [-0.4, -0.2) is 55.4 Å². The van der Waals surface area contributed by atoms with Gasteiger partial charge in [-0.2, -0.15) is 0 Å². The molecule has 1 saturated heterocycles. The number of aromatic nitrogens is 1. The standard InChI is InChI=1S/C29H25N5O3/c35-25-18-31-26(23-12-9-19-4-1-2-5-22(19)27(23)33-25)20-7-10-21(11-8-20)32-29(36)24-6-3-13-30-28(24)34-14-16-37-17-15-34/h1-13H,14-18H2,(H,32,36)(H,33,35). The van der Waals surface area contributed by atoms with Crippen molar-refractivity contribution in [1.82, 2.24) is 4.98 Å². The van der Waals surface area contributed by atoms with E-state index in [1.165, 1.54) is 0 Å². The fraction of sp³-hybridized carbons (Fsp3) is 0.172. The van der Waals surface area contributed by atoms with Crippen molar-refractivity contribution < 1.29 is 14.3 Å². The number of hydrogen-bond donors (Lipinski definition) is 2. The van der Waals surface area contributed by atoms with Gasteiger partial charge in [-0.05, 0) is 29.7 Å². The number of amides is 2. The molecule has 6 rings (SSSR count). The third-order valence-electron chi connectivity index (χ3n) is 6.59. The molecule has 1 fully saturated rings. The smallest absolute Gasteiger partial charge is 0.259 e. The van der Waals surface area contributed by atoms with Crippen molar-refractivity contribution in [1.29, 1.82) is 0 Å². The summed E-state index contributed by atoms with van der Waals surface area (Å²) in [5.74, 6) is 0.290. The number of ether oxygens (including phenoxy) is 1. The van der Waals surface area contributed by atoms with Crippen LogP contribution in [-0.2, 0) is 9.53 Å². The minimum absolute atomic E-state index is 0.0438. The van der Waals surface area contributed by atoms with Crippen LogP contribution in [0, 0.1) is 0 Å². The van der Waals surface area contributed by atoms with Crippen LogP contribution in [0.3, 0.4) is 0 Å². The fourth-order valence-corrected chi connectivity index (χ4v) is 4.78. The minimum Gasteiger partial charge on any atom is -0.378 e. The van der Waals surface area contributed by atoms with E-state index in [1.807, 2.05) is 60.7 Å². The highest BCUT2D eigenvalue weighted by atomic mass is 16.5. The van der Waals surface area contributed by atoms with Gasteiger partial charge in [0.15, 0.2) is 0 Å². The largest absolute Gasteiger partial charge is 0.378 e. The van der Waals surface area contributed by atoms with E-state index in [2.05, 4.69) is 25.5 Å². The third-order valence-corrected chi connectivity index (χ3v) is 6.59. The lowest BCUT2D eigenvalue weighted by molar-refractivity contribution is -0.114. The molecule has 37 heavy (non-hydrogen) atoms. The van der Waals surface area contributed by atoms with Crippen molar-refractivity contribution in [2.75, 3.05) is 48.4 Å². The van der Waals surface area contributed by atoms with Crippen molar-refractivity contribution >= 4 is 45.5 Å².